The van der Waals surface area contributed by atoms with Crippen LogP contribution in [0.25, 0.3) is 10.8 Å². The molecule has 2 aromatic carbocycles. The minimum Gasteiger partial charge on any atom is -0.115 e. The predicted octanol–water partition coefficient (Wildman–Crippen LogP) is 3.43. The zero-order valence-electron chi connectivity index (χ0n) is 6.92. The lowest BCUT2D eigenvalue weighted by Crippen LogP contribution is -1.82. The summed E-state index contributed by atoms with van der Waals surface area (Å²) in [4.78, 5) is 0. The average Bonchev–Trinajstić information content (AvgIpc) is 2.17. The fourth-order valence-corrected chi connectivity index (χ4v) is 2.23. The van der Waals surface area contributed by atoms with Crippen molar-refractivity contribution in [3.63, 3.8) is 0 Å². The number of hydrogen-bond donors (Lipinski definition) is 0. The fraction of sp³-hybridized carbons (Fsp3) is 0. The van der Waals surface area contributed by atoms with E-state index in [-0.39, 0.29) is 0 Å². The molecule has 0 fully saturated rings. The zero-order valence-corrected chi connectivity index (χ0v) is 9.08. The van der Waals surface area contributed by atoms with E-state index in [1.54, 1.807) is 0 Å². The van der Waals surface area contributed by atoms with E-state index in [1.165, 1.54) is 14.3 Å². The Balaban J connectivity index is 2.97. The molecule has 0 N–H and O–H groups in total. The van der Waals surface area contributed by atoms with Gasteiger partial charge in [0.25, 0.3) is 0 Å². The summed E-state index contributed by atoms with van der Waals surface area (Å²) in [6, 6.07) is 12.3. The van der Waals surface area contributed by atoms with E-state index in [4.69, 9.17) is 6.42 Å². The summed E-state index contributed by atoms with van der Waals surface area (Å²) in [5, 5.41) is 2.40. The van der Waals surface area contributed by atoms with Gasteiger partial charge in [-0.3, -0.25) is 0 Å². The Morgan fingerprint density at radius 1 is 1.08 bits per heavy atom. The molecule has 0 bridgehead atoms. The fourth-order valence-electron chi connectivity index (χ4n) is 1.42. The van der Waals surface area contributed by atoms with Crippen molar-refractivity contribution in [1.29, 1.82) is 0 Å². The van der Waals surface area contributed by atoms with Crippen LogP contribution in [-0.2, 0) is 0 Å². The van der Waals surface area contributed by atoms with Gasteiger partial charge in [0.15, 0.2) is 0 Å². The third-order valence-corrected chi connectivity index (χ3v) is 2.91. The zero-order chi connectivity index (χ0) is 9.26. The van der Waals surface area contributed by atoms with E-state index in [2.05, 4.69) is 46.7 Å². The van der Waals surface area contributed by atoms with E-state index in [1.807, 2.05) is 18.2 Å². The van der Waals surface area contributed by atoms with Crippen molar-refractivity contribution in [1.82, 2.24) is 0 Å². The maximum atomic E-state index is 5.43. The van der Waals surface area contributed by atoms with E-state index in [0.717, 1.165) is 5.56 Å². The molecule has 2 rings (SSSR count). The van der Waals surface area contributed by atoms with Crippen molar-refractivity contribution in [2.45, 2.75) is 0 Å². The van der Waals surface area contributed by atoms with Crippen LogP contribution in [0.3, 0.4) is 0 Å². The molecule has 0 aliphatic rings. The molecule has 0 aromatic heterocycles. The van der Waals surface area contributed by atoms with Gasteiger partial charge in [-0.25, -0.2) is 0 Å². The Labute approximate surface area is 91.1 Å². The molecule has 0 unspecified atom stereocenters. The number of fused-ring (bicyclic) bond motifs is 1. The Kier molecular flexibility index (Phi) is 2.24. The first-order valence-electron chi connectivity index (χ1n) is 3.97. The summed E-state index contributed by atoms with van der Waals surface area (Å²) in [5.41, 5.74) is 0.975. The van der Waals surface area contributed by atoms with Gasteiger partial charge >= 0.3 is 0 Å². The first-order valence-corrected chi connectivity index (χ1v) is 5.04. The highest BCUT2D eigenvalue weighted by molar-refractivity contribution is 14.1. The van der Waals surface area contributed by atoms with Crippen molar-refractivity contribution in [3.05, 3.63) is 45.5 Å². The summed E-state index contributed by atoms with van der Waals surface area (Å²) in [6.45, 7) is 0. The smallest absolute Gasteiger partial charge is 0.0331 e. The molecule has 0 radical (unpaired) electrons. The molecular formula is C12H7I. The number of halogens is 1. The van der Waals surface area contributed by atoms with Crippen LogP contribution in [-0.4, -0.2) is 0 Å². The molecule has 1 heteroatoms. The van der Waals surface area contributed by atoms with Crippen LogP contribution in [0.1, 0.15) is 5.56 Å². The molecule has 13 heavy (non-hydrogen) atoms. The summed E-state index contributed by atoms with van der Waals surface area (Å²) in [5.74, 6) is 2.71. The maximum Gasteiger partial charge on any atom is 0.0331 e. The predicted molar refractivity (Wildman–Crippen MR) is 64.6 cm³/mol. The van der Waals surface area contributed by atoms with Crippen molar-refractivity contribution in [3.8, 4) is 12.3 Å². The van der Waals surface area contributed by atoms with E-state index < -0.39 is 0 Å². The van der Waals surface area contributed by atoms with Crippen molar-refractivity contribution >= 4 is 33.4 Å². The quantitative estimate of drug-likeness (QED) is 0.511. The lowest BCUT2D eigenvalue weighted by molar-refractivity contribution is 1.67. The third kappa shape index (κ3) is 1.42. The Morgan fingerprint density at radius 2 is 1.77 bits per heavy atom. The first-order chi connectivity index (χ1) is 6.33. The minimum atomic E-state index is 0.975. The van der Waals surface area contributed by atoms with Gasteiger partial charge < -0.3 is 0 Å². The second kappa shape index (κ2) is 3.39. The normalized spacial score (nSPS) is 9.85. The van der Waals surface area contributed by atoms with Gasteiger partial charge in [-0.2, -0.15) is 0 Å². The van der Waals surface area contributed by atoms with Gasteiger partial charge in [-0.05, 0) is 40.1 Å². The average molecular weight is 278 g/mol. The number of benzene rings is 2. The van der Waals surface area contributed by atoms with Gasteiger partial charge in [0.2, 0.25) is 0 Å². The highest BCUT2D eigenvalue weighted by Crippen LogP contribution is 2.23. The molecule has 62 valence electrons. The molecule has 0 heterocycles. The van der Waals surface area contributed by atoms with E-state index in [9.17, 15) is 0 Å². The van der Waals surface area contributed by atoms with Crippen LogP contribution in [0, 0.1) is 15.9 Å². The van der Waals surface area contributed by atoms with Crippen LogP contribution in [0.4, 0.5) is 0 Å². The number of rotatable bonds is 0. The third-order valence-electron chi connectivity index (χ3n) is 2.01. The topological polar surface area (TPSA) is 0 Å². The van der Waals surface area contributed by atoms with Crippen molar-refractivity contribution in [2.24, 2.45) is 0 Å². The number of hydrogen-bond acceptors (Lipinski definition) is 0. The van der Waals surface area contributed by atoms with E-state index >= 15 is 0 Å². The van der Waals surface area contributed by atoms with Gasteiger partial charge in [0.05, 0.1) is 0 Å². The first kappa shape index (κ1) is 8.58. The Hall–Kier alpha value is -1.01. The highest BCUT2D eigenvalue weighted by atomic mass is 127. The SMILES string of the molecule is C#Cc1cccc2cccc(I)c12. The summed E-state index contributed by atoms with van der Waals surface area (Å²) >= 11 is 2.31. The summed E-state index contributed by atoms with van der Waals surface area (Å²) in [6.07, 6.45) is 5.43. The Morgan fingerprint density at radius 3 is 2.46 bits per heavy atom. The van der Waals surface area contributed by atoms with Gasteiger partial charge in [0, 0.05) is 14.5 Å². The minimum absolute atomic E-state index is 0.975. The van der Waals surface area contributed by atoms with Crippen LogP contribution in [0.15, 0.2) is 36.4 Å². The molecule has 0 atom stereocenters. The van der Waals surface area contributed by atoms with Gasteiger partial charge in [-0.15, -0.1) is 6.42 Å². The summed E-state index contributed by atoms with van der Waals surface area (Å²) < 4.78 is 1.21. The van der Waals surface area contributed by atoms with Gasteiger partial charge in [0.1, 0.15) is 0 Å². The van der Waals surface area contributed by atoms with Crippen molar-refractivity contribution in [2.75, 3.05) is 0 Å². The molecule has 0 nitrogen and oxygen atoms in total. The molecular weight excluding hydrogens is 271 g/mol. The monoisotopic (exact) mass is 278 g/mol. The van der Waals surface area contributed by atoms with E-state index in [0.29, 0.717) is 0 Å². The largest absolute Gasteiger partial charge is 0.115 e. The second-order valence-corrected chi connectivity index (χ2v) is 3.95. The highest BCUT2D eigenvalue weighted by Gasteiger charge is 2.00. The standard InChI is InChI=1S/C12H7I/c1-2-9-5-3-6-10-7-4-8-11(13)12(9)10/h1,3-8H. The molecule has 0 saturated heterocycles. The summed E-state index contributed by atoms with van der Waals surface area (Å²) in [7, 11) is 0. The molecule has 0 amide bonds. The van der Waals surface area contributed by atoms with Crippen LogP contribution in [0.5, 0.6) is 0 Å². The van der Waals surface area contributed by atoms with Crippen molar-refractivity contribution < 1.29 is 0 Å². The van der Waals surface area contributed by atoms with Gasteiger partial charge in [-0.1, -0.05) is 30.2 Å². The number of terminal acetylenes is 1. The lowest BCUT2D eigenvalue weighted by atomic mass is 10.1. The maximum absolute atomic E-state index is 5.43. The Bertz CT molecular complexity index is 487. The molecule has 0 aliphatic heterocycles. The van der Waals surface area contributed by atoms with Crippen LogP contribution < -0.4 is 0 Å². The molecule has 0 aliphatic carbocycles. The van der Waals surface area contributed by atoms with Crippen LogP contribution >= 0.6 is 22.6 Å². The van der Waals surface area contributed by atoms with Crippen LogP contribution in [0.2, 0.25) is 0 Å². The lowest BCUT2D eigenvalue weighted by Gasteiger charge is -2.02. The second-order valence-electron chi connectivity index (χ2n) is 2.79. The molecule has 2 aromatic rings. The molecule has 0 spiro atoms. The molecule has 0 saturated carbocycles.